The van der Waals surface area contributed by atoms with Gasteiger partial charge in [0.2, 0.25) is 0 Å². The van der Waals surface area contributed by atoms with Gasteiger partial charge in [-0.05, 0) is 38.8 Å². The van der Waals surface area contributed by atoms with Crippen LogP contribution in [0.3, 0.4) is 0 Å². The van der Waals surface area contributed by atoms with Gasteiger partial charge in [-0.2, -0.15) is 0 Å². The zero-order valence-electron chi connectivity index (χ0n) is 13.2. The summed E-state index contributed by atoms with van der Waals surface area (Å²) in [6.07, 6.45) is 0. The predicted molar refractivity (Wildman–Crippen MR) is 89.8 cm³/mol. The number of fused-ring (bicyclic) bond motifs is 1. The van der Waals surface area contributed by atoms with Gasteiger partial charge in [0.05, 0.1) is 5.69 Å². The Hall–Kier alpha value is -1.39. The van der Waals surface area contributed by atoms with Crippen molar-refractivity contribution in [1.82, 2.24) is 10.3 Å². The zero-order valence-corrected chi connectivity index (χ0v) is 14.0. The zero-order chi connectivity index (χ0) is 15.0. The number of rotatable bonds is 3. The molecule has 21 heavy (non-hydrogen) atoms. The van der Waals surface area contributed by atoms with Gasteiger partial charge in [-0.3, -0.25) is 0 Å². The topological polar surface area (TPSA) is 28.2 Å². The molecule has 0 radical (unpaired) electrons. The van der Waals surface area contributed by atoms with Crippen LogP contribution < -0.4 is 10.2 Å². The molecule has 112 valence electrons. The van der Waals surface area contributed by atoms with Crippen LogP contribution in [0.4, 0.5) is 5.13 Å². The predicted octanol–water partition coefficient (Wildman–Crippen LogP) is 3.86. The summed E-state index contributed by atoms with van der Waals surface area (Å²) in [6.45, 7) is 11.6. The highest BCUT2D eigenvalue weighted by Gasteiger charge is 2.22. The molecule has 2 aromatic rings. The van der Waals surface area contributed by atoms with Crippen molar-refractivity contribution >= 4 is 16.5 Å². The van der Waals surface area contributed by atoms with E-state index in [2.05, 4.69) is 62.2 Å². The number of nitrogens with zero attached hydrogens (tertiary/aromatic N) is 2. The average molecular weight is 301 g/mol. The Morgan fingerprint density at radius 1 is 1.19 bits per heavy atom. The molecule has 4 heteroatoms. The molecule has 0 aliphatic carbocycles. The van der Waals surface area contributed by atoms with Crippen molar-refractivity contribution in [3.8, 4) is 0 Å². The third-order valence-electron chi connectivity index (χ3n) is 3.77. The fourth-order valence-corrected chi connectivity index (χ4v) is 3.52. The second kappa shape index (κ2) is 5.43. The lowest BCUT2D eigenvalue weighted by atomic mass is 10.1. The molecule has 0 atom stereocenters. The van der Waals surface area contributed by atoms with Crippen molar-refractivity contribution in [1.29, 1.82) is 0 Å². The van der Waals surface area contributed by atoms with E-state index >= 15 is 0 Å². The van der Waals surface area contributed by atoms with Crippen LogP contribution in [0.15, 0.2) is 24.3 Å². The van der Waals surface area contributed by atoms with Crippen molar-refractivity contribution in [2.24, 2.45) is 0 Å². The van der Waals surface area contributed by atoms with E-state index in [1.54, 1.807) is 0 Å². The Bertz CT molecular complexity index is 615. The molecule has 0 fully saturated rings. The Morgan fingerprint density at radius 3 is 2.38 bits per heavy atom. The number of hydrogen-bond acceptors (Lipinski definition) is 4. The molecule has 0 bridgehead atoms. The summed E-state index contributed by atoms with van der Waals surface area (Å²) in [4.78, 5) is 8.50. The lowest BCUT2D eigenvalue weighted by Crippen LogP contribution is -2.34. The van der Waals surface area contributed by atoms with Crippen molar-refractivity contribution < 1.29 is 0 Å². The van der Waals surface area contributed by atoms with Gasteiger partial charge < -0.3 is 10.2 Å². The minimum absolute atomic E-state index is 0.139. The maximum atomic E-state index is 4.78. The van der Waals surface area contributed by atoms with Crippen LogP contribution >= 0.6 is 11.3 Å². The van der Waals surface area contributed by atoms with Gasteiger partial charge in [-0.25, -0.2) is 4.98 Å². The van der Waals surface area contributed by atoms with Crippen LogP contribution in [0.5, 0.6) is 0 Å². The quantitative estimate of drug-likeness (QED) is 0.933. The van der Waals surface area contributed by atoms with Gasteiger partial charge in [0.25, 0.3) is 0 Å². The van der Waals surface area contributed by atoms with E-state index in [4.69, 9.17) is 4.98 Å². The molecule has 3 nitrogen and oxygen atoms in total. The SMILES string of the molecule is Cc1nc(N2Cc3ccccc3C2)sc1CNC(C)(C)C. The maximum absolute atomic E-state index is 4.78. The number of anilines is 1. The van der Waals surface area contributed by atoms with Gasteiger partial charge in [0.15, 0.2) is 5.13 Å². The summed E-state index contributed by atoms with van der Waals surface area (Å²) in [5, 5.41) is 4.70. The van der Waals surface area contributed by atoms with Crippen LogP contribution in [-0.4, -0.2) is 10.5 Å². The van der Waals surface area contributed by atoms with E-state index in [-0.39, 0.29) is 5.54 Å². The molecule has 3 rings (SSSR count). The standard InChI is InChI=1S/C17H23N3S/c1-12-15(9-18-17(2,3)4)21-16(19-12)20-10-13-7-5-6-8-14(13)11-20/h5-8,18H,9-11H2,1-4H3. The van der Waals surface area contributed by atoms with Gasteiger partial charge in [0, 0.05) is 30.1 Å². The molecule has 0 saturated heterocycles. The first-order valence-corrected chi connectivity index (χ1v) is 8.27. The Kier molecular flexibility index (Phi) is 3.76. The van der Waals surface area contributed by atoms with E-state index in [0.29, 0.717) is 0 Å². The Balaban J connectivity index is 1.74. The summed E-state index contributed by atoms with van der Waals surface area (Å²) in [5.41, 5.74) is 4.16. The minimum atomic E-state index is 0.139. The molecule has 0 spiro atoms. The minimum Gasteiger partial charge on any atom is -0.339 e. The summed E-state index contributed by atoms with van der Waals surface area (Å²) in [7, 11) is 0. The van der Waals surface area contributed by atoms with Crippen LogP contribution in [0.25, 0.3) is 0 Å². The van der Waals surface area contributed by atoms with Gasteiger partial charge in [-0.15, -0.1) is 11.3 Å². The van der Waals surface area contributed by atoms with E-state index in [9.17, 15) is 0 Å². The average Bonchev–Trinajstić information content (AvgIpc) is 2.98. The fraction of sp³-hybridized carbons (Fsp3) is 0.471. The number of nitrogens with one attached hydrogen (secondary N) is 1. The highest BCUT2D eigenvalue weighted by atomic mass is 32.1. The van der Waals surface area contributed by atoms with E-state index in [1.165, 1.54) is 16.0 Å². The second-order valence-corrected chi connectivity index (χ2v) is 7.80. The van der Waals surface area contributed by atoms with Crippen LogP contribution in [0.2, 0.25) is 0 Å². The first-order valence-electron chi connectivity index (χ1n) is 7.45. The third kappa shape index (κ3) is 3.27. The molecular weight excluding hydrogens is 278 g/mol. The molecule has 0 saturated carbocycles. The summed E-state index contributed by atoms with van der Waals surface area (Å²) in [5.74, 6) is 0. The molecule has 1 aromatic carbocycles. The highest BCUT2D eigenvalue weighted by Crippen LogP contribution is 2.32. The molecule has 0 amide bonds. The second-order valence-electron chi connectivity index (χ2n) is 6.73. The van der Waals surface area contributed by atoms with Crippen molar-refractivity contribution in [2.45, 2.75) is 52.9 Å². The van der Waals surface area contributed by atoms with Crippen molar-refractivity contribution in [2.75, 3.05) is 4.90 Å². The number of benzene rings is 1. The molecule has 1 aliphatic heterocycles. The van der Waals surface area contributed by atoms with Gasteiger partial charge >= 0.3 is 0 Å². The molecule has 1 N–H and O–H groups in total. The largest absolute Gasteiger partial charge is 0.339 e. The highest BCUT2D eigenvalue weighted by molar-refractivity contribution is 7.15. The van der Waals surface area contributed by atoms with E-state index in [1.807, 2.05) is 11.3 Å². The van der Waals surface area contributed by atoms with Crippen LogP contribution in [0.1, 0.15) is 42.5 Å². The molecule has 1 aliphatic rings. The number of thiazole rings is 1. The van der Waals surface area contributed by atoms with E-state index in [0.717, 1.165) is 30.5 Å². The summed E-state index contributed by atoms with van der Waals surface area (Å²) >= 11 is 1.82. The van der Waals surface area contributed by atoms with E-state index < -0.39 is 0 Å². The number of hydrogen-bond donors (Lipinski definition) is 1. The molecule has 1 aromatic heterocycles. The third-order valence-corrected chi connectivity index (χ3v) is 4.99. The summed E-state index contributed by atoms with van der Waals surface area (Å²) < 4.78 is 0. The number of aromatic nitrogens is 1. The van der Waals surface area contributed by atoms with Gasteiger partial charge in [-0.1, -0.05) is 24.3 Å². The summed E-state index contributed by atoms with van der Waals surface area (Å²) in [6, 6.07) is 8.68. The van der Waals surface area contributed by atoms with Gasteiger partial charge in [0.1, 0.15) is 0 Å². The van der Waals surface area contributed by atoms with Crippen LogP contribution in [0, 0.1) is 6.92 Å². The number of aryl methyl sites for hydroxylation is 1. The molecular formula is C17H23N3S. The molecule has 2 heterocycles. The Labute approximate surface area is 131 Å². The first-order chi connectivity index (χ1) is 9.92. The van der Waals surface area contributed by atoms with Crippen molar-refractivity contribution in [3.63, 3.8) is 0 Å². The van der Waals surface area contributed by atoms with Crippen LogP contribution in [-0.2, 0) is 19.6 Å². The smallest absolute Gasteiger partial charge is 0.186 e. The normalized spacial score (nSPS) is 14.6. The lowest BCUT2D eigenvalue weighted by Gasteiger charge is -2.20. The first kappa shape index (κ1) is 14.5. The van der Waals surface area contributed by atoms with Crippen molar-refractivity contribution in [3.05, 3.63) is 46.0 Å². The lowest BCUT2D eigenvalue weighted by molar-refractivity contribution is 0.425. The fourth-order valence-electron chi connectivity index (χ4n) is 2.53. The monoisotopic (exact) mass is 301 g/mol. The molecule has 0 unspecified atom stereocenters. The maximum Gasteiger partial charge on any atom is 0.186 e. The Morgan fingerprint density at radius 2 is 1.81 bits per heavy atom.